The summed E-state index contributed by atoms with van der Waals surface area (Å²) in [5.41, 5.74) is 3.25. The summed E-state index contributed by atoms with van der Waals surface area (Å²) >= 11 is 0. The molecule has 4 nitrogen and oxygen atoms in total. The van der Waals surface area contributed by atoms with Gasteiger partial charge in [-0.25, -0.2) is 0 Å². The van der Waals surface area contributed by atoms with Crippen LogP contribution in [-0.2, 0) is 4.79 Å². The molecule has 0 aliphatic rings. The maximum atomic E-state index is 12.7. The van der Waals surface area contributed by atoms with Crippen LogP contribution >= 0.6 is 0 Å². The highest BCUT2D eigenvalue weighted by molar-refractivity contribution is 5.81. The third-order valence-corrected chi connectivity index (χ3v) is 4.54. The molecule has 0 bridgehead atoms. The topological polar surface area (TPSA) is 47.6 Å². The van der Waals surface area contributed by atoms with Gasteiger partial charge >= 0.3 is 0 Å². The minimum atomic E-state index is -0.513. The fourth-order valence-corrected chi connectivity index (χ4v) is 2.74. The number of carbonyl (C=O) groups is 1. The molecule has 0 heterocycles. The van der Waals surface area contributed by atoms with E-state index < -0.39 is 6.10 Å². The largest absolute Gasteiger partial charge is 0.494 e. The zero-order valence-electron chi connectivity index (χ0n) is 16.3. The van der Waals surface area contributed by atoms with E-state index in [1.165, 1.54) is 0 Å². The van der Waals surface area contributed by atoms with Crippen molar-refractivity contribution in [2.24, 2.45) is 0 Å². The van der Waals surface area contributed by atoms with E-state index in [1.807, 2.05) is 77.1 Å². The second kappa shape index (κ2) is 9.27. The Bertz CT molecular complexity index is 725. The quantitative estimate of drug-likeness (QED) is 0.744. The minimum absolute atomic E-state index is 0.102. The normalized spacial score (nSPS) is 13.0. The van der Waals surface area contributed by atoms with E-state index in [0.29, 0.717) is 13.0 Å². The SMILES string of the molecule is CCOc1ccc([C@@H](C)NC(=O)[C@@H](CC)Oc2cccc(C)c2C)cc1. The van der Waals surface area contributed by atoms with Crippen LogP contribution in [0.5, 0.6) is 11.5 Å². The van der Waals surface area contributed by atoms with E-state index in [0.717, 1.165) is 28.2 Å². The van der Waals surface area contributed by atoms with Gasteiger partial charge in [0.25, 0.3) is 5.91 Å². The van der Waals surface area contributed by atoms with Gasteiger partial charge in [0.1, 0.15) is 11.5 Å². The van der Waals surface area contributed by atoms with Crippen LogP contribution in [0, 0.1) is 13.8 Å². The van der Waals surface area contributed by atoms with Crippen LogP contribution in [0.2, 0.25) is 0 Å². The lowest BCUT2D eigenvalue weighted by Gasteiger charge is -2.22. The highest BCUT2D eigenvalue weighted by Crippen LogP contribution is 2.23. The molecule has 2 aromatic carbocycles. The van der Waals surface area contributed by atoms with Gasteiger partial charge in [0.05, 0.1) is 12.6 Å². The number of amides is 1. The minimum Gasteiger partial charge on any atom is -0.494 e. The number of hydrogen-bond acceptors (Lipinski definition) is 3. The molecule has 1 N–H and O–H groups in total. The Morgan fingerprint density at radius 3 is 2.38 bits per heavy atom. The first-order valence-corrected chi connectivity index (χ1v) is 9.22. The summed E-state index contributed by atoms with van der Waals surface area (Å²) in [6.07, 6.45) is 0.0931. The van der Waals surface area contributed by atoms with Crippen molar-refractivity contribution in [2.45, 2.75) is 53.2 Å². The Morgan fingerprint density at radius 2 is 1.77 bits per heavy atom. The molecular weight excluding hydrogens is 326 g/mol. The summed E-state index contributed by atoms with van der Waals surface area (Å²) in [7, 11) is 0. The number of rotatable bonds is 8. The second-order valence-electron chi connectivity index (χ2n) is 6.45. The van der Waals surface area contributed by atoms with Gasteiger partial charge < -0.3 is 14.8 Å². The van der Waals surface area contributed by atoms with Crippen LogP contribution in [-0.4, -0.2) is 18.6 Å². The summed E-state index contributed by atoms with van der Waals surface area (Å²) in [6, 6.07) is 13.6. The highest BCUT2D eigenvalue weighted by Gasteiger charge is 2.21. The fraction of sp³-hybridized carbons (Fsp3) is 0.409. The predicted octanol–water partition coefficient (Wildman–Crippen LogP) is 4.74. The summed E-state index contributed by atoms with van der Waals surface area (Å²) in [6.45, 7) is 10.6. The van der Waals surface area contributed by atoms with Crippen molar-refractivity contribution in [3.8, 4) is 11.5 Å². The van der Waals surface area contributed by atoms with E-state index in [1.54, 1.807) is 0 Å². The van der Waals surface area contributed by atoms with Crippen molar-refractivity contribution >= 4 is 5.91 Å². The number of nitrogens with one attached hydrogen (secondary N) is 1. The van der Waals surface area contributed by atoms with Gasteiger partial charge in [0, 0.05) is 0 Å². The molecule has 0 saturated heterocycles. The summed E-state index contributed by atoms with van der Waals surface area (Å²) in [5.74, 6) is 1.50. The first kappa shape index (κ1) is 19.8. The molecule has 0 radical (unpaired) electrons. The fourth-order valence-electron chi connectivity index (χ4n) is 2.74. The van der Waals surface area contributed by atoms with Crippen molar-refractivity contribution in [3.05, 3.63) is 59.2 Å². The Labute approximate surface area is 156 Å². The van der Waals surface area contributed by atoms with E-state index in [9.17, 15) is 4.79 Å². The molecular formula is C22H29NO3. The Kier molecular flexibility index (Phi) is 7.07. The first-order valence-electron chi connectivity index (χ1n) is 9.22. The number of hydrogen-bond donors (Lipinski definition) is 1. The van der Waals surface area contributed by atoms with Crippen LogP contribution in [0.3, 0.4) is 0 Å². The summed E-state index contributed by atoms with van der Waals surface area (Å²) in [5, 5.41) is 3.05. The molecule has 4 heteroatoms. The molecule has 2 atom stereocenters. The zero-order chi connectivity index (χ0) is 19.1. The number of aryl methyl sites for hydroxylation is 1. The van der Waals surface area contributed by atoms with Gasteiger partial charge in [0.2, 0.25) is 0 Å². The molecule has 0 fully saturated rings. The van der Waals surface area contributed by atoms with Gasteiger partial charge in [-0.05, 0) is 69.0 Å². The van der Waals surface area contributed by atoms with Crippen LogP contribution < -0.4 is 14.8 Å². The Balaban J connectivity index is 2.02. The molecule has 2 aromatic rings. The van der Waals surface area contributed by atoms with Gasteiger partial charge in [-0.15, -0.1) is 0 Å². The predicted molar refractivity (Wildman–Crippen MR) is 105 cm³/mol. The van der Waals surface area contributed by atoms with Gasteiger partial charge in [0.15, 0.2) is 6.10 Å². The Morgan fingerprint density at radius 1 is 1.08 bits per heavy atom. The molecule has 26 heavy (non-hydrogen) atoms. The van der Waals surface area contributed by atoms with E-state index in [-0.39, 0.29) is 11.9 Å². The molecule has 0 unspecified atom stereocenters. The van der Waals surface area contributed by atoms with Crippen LogP contribution in [0.4, 0.5) is 0 Å². The summed E-state index contributed by atoms with van der Waals surface area (Å²) in [4.78, 5) is 12.7. The molecule has 0 spiro atoms. The highest BCUT2D eigenvalue weighted by atomic mass is 16.5. The standard InChI is InChI=1S/C22H29NO3/c1-6-20(26-21-10-8-9-15(3)16(21)4)22(24)23-17(5)18-11-13-19(14-12-18)25-7-2/h8-14,17,20H,6-7H2,1-5H3,(H,23,24)/t17-,20-/m1/s1. The molecule has 0 aromatic heterocycles. The number of ether oxygens (including phenoxy) is 2. The van der Waals surface area contributed by atoms with E-state index >= 15 is 0 Å². The molecule has 140 valence electrons. The van der Waals surface area contributed by atoms with E-state index in [4.69, 9.17) is 9.47 Å². The zero-order valence-corrected chi connectivity index (χ0v) is 16.3. The van der Waals surface area contributed by atoms with E-state index in [2.05, 4.69) is 5.32 Å². The van der Waals surface area contributed by atoms with Crippen molar-refractivity contribution < 1.29 is 14.3 Å². The molecule has 1 amide bonds. The molecule has 0 aliphatic carbocycles. The van der Waals surface area contributed by atoms with Gasteiger partial charge in [-0.1, -0.05) is 31.2 Å². The average molecular weight is 355 g/mol. The smallest absolute Gasteiger partial charge is 0.261 e. The maximum Gasteiger partial charge on any atom is 0.261 e. The Hall–Kier alpha value is -2.49. The molecule has 2 rings (SSSR count). The lowest BCUT2D eigenvalue weighted by Crippen LogP contribution is -2.39. The van der Waals surface area contributed by atoms with Crippen LogP contribution in [0.1, 0.15) is 49.9 Å². The van der Waals surface area contributed by atoms with Crippen molar-refractivity contribution in [1.29, 1.82) is 0 Å². The van der Waals surface area contributed by atoms with Crippen LogP contribution in [0.15, 0.2) is 42.5 Å². The third-order valence-electron chi connectivity index (χ3n) is 4.54. The molecule has 0 saturated carbocycles. The van der Waals surface area contributed by atoms with Gasteiger partial charge in [-0.2, -0.15) is 0 Å². The summed E-state index contributed by atoms with van der Waals surface area (Å²) < 4.78 is 11.4. The van der Waals surface area contributed by atoms with Crippen LogP contribution in [0.25, 0.3) is 0 Å². The third kappa shape index (κ3) is 5.01. The average Bonchev–Trinajstić information content (AvgIpc) is 2.63. The maximum absolute atomic E-state index is 12.7. The number of benzene rings is 2. The molecule has 0 aliphatic heterocycles. The second-order valence-corrected chi connectivity index (χ2v) is 6.45. The van der Waals surface area contributed by atoms with Crippen molar-refractivity contribution in [3.63, 3.8) is 0 Å². The van der Waals surface area contributed by atoms with Crippen molar-refractivity contribution in [1.82, 2.24) is 5.32 Å². The lowest BCUT2D eigenvalue weighted by atomic mass is 10.1. The van der Waals surface area contributed by atoms with Gasteiger partial charge in [-0.3, -0.25) is 4.79 Å². The van der Waals surface area contributed by atoms with Crippen molar-refractivity contribution in [2.75, 3.05) is 6.61 Å². The number of carbonyl (C=O) groups excluding carboxylic acids is 1. The first-order chi connectivity index (χ1) is 12.5. The monoisotopic (exact) mass is 355 g/mol. The lowest BCUT2D eigenvalue weighted by molar-refractivity contribution is -0.128.